The van der Waals surface area contributed by atoms with Gasteiger partial charge in [-0.3, -0.25) is 18.6 Å². The van der Waals surface area contributed by atoms with Crippen molar-refractivity contribution in [2.24, 2.45) is 11.0 Å². The third-order valence-electron chi connectivity index (χ3n) is 2.92. The molecule has 12 heteroatoms. The van der Waals surface area contributed by atoms with Crippen LogP contribution in [0.3, 0.4) is 0 Å². The summed E-state index contributed by atoms with van der Waals surface area (Å²) in [6, 6.07) is 0. The number of nitrogens with two attached hydrogens (primary N) is 2. The van der Waals surface area contributed by atoms with E-state index in [1.807, 2.05) is 6.92 Å². The molecule has 0 fully saturated rings. The van der Waals surface area contributed by atoms with E-state index in [1.54, 1.807) is 0 Å². The number of hydrogen-bond donors (Lipinski definition) is 4. The summed E-state index contributed by atoms with van der Waals surface area (Å²) in [6.45, 7) is 1.97. The van der Waals surface area contributed by atoms with Gasteiger partial charge < -0.3 is 9.79 Å². The molecule has 0 saturated heterocycles. The van der Waals surface area contributed by atoms with Crippen molar-refractivity contribution in [3.8, 4) is 0 Å². The van der Waals surface area contributed by atoms with Crippen molar-refractivity contribution >= 4 is 27.1 Å². The number of hydrogen-bond acceptors (Lipinski definition) is 6. The maximum absolute atomic E-state index is 11.7. The minimum Gasteiger partial charge on any atom is -0.313 e. The summed E-state index contributed by atoms with van der Waals surface area (Å²) in [4.78, 5) is 41.0. The molecule has 2 atom stereocenters. The monoisotopic (exact) mass is 388 g/mol. The summed E-state index contributed by atoms with van der Waals surface area (Å²) in [6.07, 6.45) is 0.926. The topological polar surface area (TPSA) is 179 Å². The van der Waals surface area contributed by atoms with Gasteiger partial charge in [0, 0.05) is 25.7 Å². The average molecular weight is 388 g/mol. The Morgan fingerprint density at radius 3 is 1.71 bits per heavy atom. The molecule has 0 radical (unpaired) electrons. The largest absolute Gasteiger partial charge is 0.402 e. The van der Waals surface area contributed by atoms with Crippen LogP contribution in [0, 0.1) is 0 Å². The van der Waals surface area contributed by atoms with Gasteiger partial charge in [0.05, 0.1) is 0 Å². The van der Waals surface area contributed by atoms with Gasteiger partial charge in [-0.2, -0.15) is 0 Å². The van der Waals surface area contributed by atoms with Crippen molar-refractivity contribution < 1.29 is 37.6 Å². The van der Waals surface area contributed by atoms with Gasteiger partial charge >= 0.3 is 15.5 Å². The van der Waals surface area contributed by atoms with Gasteiger partial charge in [-0.05, 0) is 19.3 Å². The van der Waals surface area contributed by atoms with Crippen molar-refractivity contribution in [1.29, 1.82) is 0 Å². The van der Waals surface area contributed by atoms with Gasteiger partial charge in [0.25, 0.3) is 0 Å². The zero-order valence-corrected chi connectivity index (χ0v) is 15.4. The van der Waals surface area contributed by atoms with Crippen molar-refractivity contribution in [2.45, 2.75) is 64.6 Å². The van der Waals surface area contributed by atoms with Crippen LogP contribution in [0.4, 0.5) is 0 Å². The minimum absolute atomic E-state index is 0.0310. The molecule has 0 bridgehead atoms. The first-order valence-corrected chi connectivity index (χ1v) is 10.8. The van der Waals surface area contributed by atoms with Crippen LogP contribution in [0.15, 0.2) is 0 Å². The molecule has 0 aromatic heterocycles. The SMILES string of the molecule is CCCCC(=O)CCC(=O)CCCC(OP(N)(=O)O)OP(N)(=O)O. The van der Waals surface area contributed by atoms with E-state index in [0.29, 0.717) is 6.42 Å². The maximum Gasteiger partial charge on any atom is 0.402 e. The zero-order valence-electron chi connectivity index (χ0n) is 13.6. The van der Waals surface area contributed by atoms with Gasteiger partial charge in [0.15, 0.2) is 6.29 Å². The lowest BCUT2D eigenvalue weighted by molar-refractivity contribution is -0.124. The van der Waals surface area contributed by atoms with Crippen LogP contribution in [0.5, 0.6) is 0 Å². The predicted octanol–water partition coefficient (Wildman–Crippen LogP) is 1.74. The summed E-state index contributed by atoms with van der Waals surface area (Å²) in [7, 11) is -8.90. The second-order valence-corrected chi connectivity index (χ2v) is 8.02. The fourth-order valence-electron chi connectivity index (χ4n) is 1.83. The predicted molar refractivity (Wildman–Crippen MR) is 86.6 cm³/mol. The Morgan fingerprint density at radius 2 is 1.33 bits per heavy atom. The van der Waals surface area contributed by atoms with E-state index in [-0.39, 0.29) is 43.7 Å². The van der Waals surface area contributed by atoms with E-state index in [0.717, 1.165) is 12.8 Å². The van der Waals surface area contributed by atoms with Crippen LogP contribution >= 0.6 is 15.5 Å². The highest BCUT2D eigenvalue weighted by atomic mass is 31.2. The normalized spacial score (nSPS) is 17.7. The van der Waals surface area contributed by atoms with Crippen molar-refractivity contribution in [2.75, 3.05) is 0 Å². The van der Waals surface area contributed by atoms with E-state index in [4.69, 9.17) is 20.8 Å². The van der Waals surface area contributed by atoms with Gasteiger partial charge in [-0.25, -0.2) is 20.1 Å². The molecular formula is C12H26N2O8P2. The number of carbonyl (C=O) groups excluding carboxylic acids is 2. The fourth-order valence-corrected chi connectivity index (χ4v) is 2.87. The lowest BCUT2D eigenvalue weighted by atomic mass is 10.0. The number of carbonyl (C=O) groups is 2. The summed E-state index contributed by atoms with van der Waals surface area (Å²) in [5.41, 5.74) is 9.60. The lowest BCUT2D eigenvalue weighted by Gasteiger charge is -2.20. The van der Waals surface area contributed by atoms with Gasteiger partial charge in [-0.1, -0.05) is 13.3 Å². The van der Waals surface area contributed by atoms with Gasteiger partial charge in [0.1, 0.15) is 11.6 Å². The van der Waals surface area contributed by atoms with E-state index < -0.39 is 21.8 Å². The number of Topliss-reactive ketones (excluding diaryl/α,β-unsaturated/α-hetero) is 2. The molecule has 0 saturated carbocycles. The van der Waals surface area contributed by atoms with Gasteiger partial charge in [0.2, 0.25) is 0 Å². The van der Waals surface area contributed by atoms with Crippen LogP contribution in [0.2, 0.25) is 0 Å². The fraction of sp³-hybridized carbons (Fsp3) is 0.833. The van der Waals surface area contributed by atoms with Crippen molar-refractivity contribution in [1.82, 2.24) is 0 Å². The molecule has 2 unspecified atom stereocenters. The Morgan fingerprint density at radius 1 is 0.917 bits per heavy atom. The van der Waals surface area contributed by atoms with Crippen molar-refractivity contribution in [3.63, 3.8) is 0 Å². The van der Waals surface area contributed by atoms with E-state index in [2.05, 4.69) is 9.05 Å². The Balaban J connectivity index is 4.21. The molecule has 0 aromatic rings. The lowest BCUT2D eigenvalue weighted by Crippen LogP contribution is -2.19. The Kier molecular flexibility index (Phi) is 11.0. The summed E-state index contributed by atoms with van der Waals surface area (Å²) in [5.74, 6) is -0.137. The first-order valence-electron chi connectivity index (χ1n) is 7.56. The standard InChI is InChI=1S/C12H26N2O8P2/c1-2-3-5-10(15)8-9-11(16)6-4-7-12(21-23(13,17)18)22-24(14,19)20/h12H,2-9H2,1H3,(H3,13,17,18)(H3,14,19,20). The Bertz CT molecular complexity index is 477. The summed E-state index contributed by atoms with van der Waals surface area (Å²) in [5, 5.41) is 0. The first kappa shape index (κ1) is 23.6. The van der Waals surface area contributed by atoms with Gasteiger partial charge in [-0.15, -0.1) is 0 Å². The van der Waals surface area contributed by atoms with Crippen LogP contribution in [0.25, 0.3) is 0 Å². The quantitative estimate of drug-likeness (QED) is 0.253. The Labute approximate surface area is 141 Å². The highest BCUT2D eigenvalue weighted by Crippen LogP contribution is 2.41. The first-order chi connectivity index (χ1) is 10.9. The molecule has 0 heterocycles. The molecule has 142 valence electrons. The molecule has 0 amide bonds. The highest BCUT2D eigenvalue weighted by Gasteiger charge is 2.27. The molecule has 0 aliphatic rings. The van der Waals surface area contributed by atoms with E-state index >= 15 is 0 Å². The van der Waals surface area contributed by atoms with Crippen LogP contribution in [-0.4, -0.2) is 27.6 Å². The smallest absolute Gasteiger partial charge is 0.313 e. The second-order valence-electron chi connectivity index (χ2n) is 5.34. The minimum atomic E-state index is -4.45. The van der Waals surface area contributed by atoms with Crippen LogP contribution in [-0.2, 0) is 27.8 Å². The average Bonchev–Trinajstić information content (AvgIpc) is 2.39. The molecule has 0 aromatic carbocycles. The second kappa shape index (κ2) is 11.2. The van der Waals surface area contributed by atoms with Crippen LogP contribution < -0.4 is 11.0 Å². The Hall–Kier alpha value is -0.440. The summed E-state index contributed by atoms with van der Waals surface area (Å²) < 4.78 is 30.8. The van der Waals surface area contributed by atoms with Crippen LogP contribution in [0.1, 0.15) is 58.3 Å². The van der Waals surface area contributed by atoms with Crippen molar-refractivity contribution in [3.05, 3.63) is 0 Å². The molecule has 0 aliphatic carbocycles. The third kappa shape index (κ3) is 15.1. The third-order valence-corrected chi connectivity index (χ3v) is 4.00. The number of ketones is 2. The maximum atomic E-state index is 11.7. The summed E-state index contributed by atoms with van der Waals surface area (Å²) >= 11 is 0. The molecule has 6 N–H and O–H groups in total. The zero-order chi connectivity index (χ0) is 18.8. The molecule has 0 spiro atoms. The number of unbranched alkanes of at least 4 members (excludes halogenated alkanes) is 1. The molecule has 0 aliphatic heterocycles. The van der Waals surface area contributed by atoms with E-state index in [1.165, 1.54) is 0 Å². The molecule has 0 rings (SSSR count). The number of rotatable bonds is 14. The highest BCUT2D eigenvalue weighted by molar-refractivity contribution is 7.50. The van der Waals surface area contributed by atoms with E-state index in [9.17, 15) is 18.7 Å². The molecule has 10 nitrogen and oxygen atoms in total. The molecule has 24 heavy (non-hydrogen) atoms. The molecular weight excluding hydrogens is 362 g/mol.